The lowest BCUT2D eigenvalue weighted by Gasteiger charge is -2.04. The van der Waals surface area contributed by atoms with Crippen LogP contribution < -0.4 is 0 Å². The highest BCUT2D eigenvalue weighted by molar-refractivity contribution is 5.55. The van der Waals surface area contributed by atoms with Gasteiger partial charge in [-0.3, -0.25) is 0 Å². The number of aliphatic hydroxyl groups excluding tert-OH is 1. The SMILES string of the molecule is C=C(C)Cn1nnc(CO)c1-c1ccco1. The van der Waals surface area contributed by atoms with Crippen molar-refractivity contribution in [2.24, 2.45) is 0 Å². The molecule has 2 aromatic heterocycles. The first-order valence-corrected chi connectivity index (χ1v) is 4.94. The van der Waals surface area contributed by atoms with Gasteiger partial charge < -0.3 is 9.52 Å². The minimum Gasteiger partial charge on any atom is -0.463 e. The van der Waals surface area contributed by atoms with Crippen molar-refractivity contribution in [1.29, 1.82) is 0 Å². The molecule has 0 bridgehead atoms. The minimum absolute atomic E-state index is 0.160. The predicted molar refractivity (Wildman–Crippen MR) is 58.5 cm³/mol. The number of hydrogen-bond donors (Lipinski definition) is 1. The van der Waals surface area contributed by atoms with Crippen LogP contribution in [0.2, 0.25) is 0 Å². The molecule has 0 fully saturated rings. The van der Waals surface area contributed by atoms with Crippen molar-refractivity contribution < 1.29 is 9.52 Å². The summed E-state index contributed by atoms with van der Waals surface area (Å²) < 4.78 is 6.97. The van der Waals surface area contributed by atoms with Crippen LogP contribution in [0.1, 0.15) is 12.6 Å². The van der Waals surface area contributed by atoms with Crippen LogP contribution in [0.4, 0.5) is 0 Å². The normalized spacial score (nSPS) is 10.6. The molecule has 0 saturated carbocycles. The maximum Gasteiger partial charge on any atom is 0.153 e. The summed E-state index contributed by atoms with van der Waals surface area (Å²) in [6.07, 6.45) is 1.58. The lowest BCUT2D eigenvalue weighted by atomic mass is 10.2. The molecule has 0 atom stereocenters. The average Bonchev–Trinajstić information content (AvgIpc) is 2.84. The number of nitrogens with zero attached hydrogens (tertiary/aromatic N) is 3. The molecule has 2 aromatic rings. The van der Waals surface area contributed by atoms with E-state index >= 15 is 0 Å². The first kappa shape index (κ1) is 10.6. The molecule has 5 heteroatoms. The Labute approximate surface area is 93.0 Å². The van der Waals surface area contributed by atoms with Gasteiger partial charge in [-0.15, -0.1) is 5.10 Å². The second kappa shape index (κ2) is 4.32. The Morgan fingerprint density at radius 1 is 1.62 bits per heavy atom. The fourth-order valence-corrected chi connectivity index (χ4v) is 1.50. The van der Waals surface area contributed by atoms with E-state index in [1.54, 1.807) is 17.0 Å². The van der Waals surface area contributed by atoms with Crippen LogP contribution in [0.5, 0.6) is 0 Å². The van der Waals surface area contributed by atoms with Gasteiger partial charge in [0.05, 0.1) is 19.4 Å². The molecule has 0 unspecified atom stereocenters. The first-order valence-electron chi connectivity index (χ1n) is 4.94. The zero-order valence-electron chi connectivity index (χ0n) is 9.05. The lowest BCUT2D eigenvalue weighted by Crippen LogP contribution is -2.03. The van der Waals surface area contributed by atoms with Gasteiger partial charge in [0, 0.05) is 0 Å². The summed E-state index contributed by atoms with van der Waals surface area (Å²) in [7, 11) is 0. The Hall–Kier alpha value is -1.88. The topological polar surface area (TPSA) is 64.1 Å². The summed E-state index contributed by atoms with van der Waals surface area (Å²) in [5, 5.41) is 17.1. The third kappa shape index (κ3) is 1.90. The van der Waals surface area contributed by atoms with E-state index < -0.39 is 0 Å². The Bertz CT molecular complexity index is 485. The largest absolute Gasteiger partial charge is 0.463 e. The highest BCUT2D eigenvalue weighted by Gasteiger charge is 2.16. The summed E-state index contributed by atoms with van der Waals surface area (Å²) in [5.41, 5.74) is 2.17. The zero-order valence-corrected chi connectivity index (χ0v) is 9.05. The fourth-order valence-electron chi connectivity index (χ4n) is 1.50. The number of furan rings is 1. The van der Waals surface area contributed by atoms with E-state index in [1.807, 2.05) is 13.0 Å². The van der Waals surface area contributed by atoms with Crippen molar-refractivity contribution in [2.45, 2.75) is 20.1 Å². The zero-order chi connectivity index (χ0) is 11.5. The average molecular weight is 219 g/mol. The Morgan fingerprint density at radius 3 is 3.00 bits per heavy atom. The highest BCUT2D eigenvalue weighted by atomic mass is 16.3. The maximum atomic E-state index is 9.18. The quantitative estimate of drug-likeness (QED) is 0.793. The van der Waals surface area contributed by atoms with Gasteiger partial charge in [0.2, 0.25) is 0 Å². The van der Waals surface area contributed by atoms with E-state index in [4.69, 9.17) is 4.42 Å². The lowest BCUT2D eigenvalue weighted by molar-refractivity contribution is 0.277. The van der Waals surface area contributed by atoms with Crippen LogP contribution in [0.15, 0.2) is 35.0 Å². The minimum atomic E-state index is -0.160. The van der Waals surface area contributed by atoms with Crippen LogP contribution in [-0.2, 0) is 13.2 Å². The van der Waals surface area contributed by atoms with Gasteiger partial charge in [-0.25, -0.2) is 4.68 Å². The number of allylic oxidation sites excluding steroid dienone is 1. The van der Waals surface area contributed by atoms with Crippen molar-refractivity contribution in [3.05, 3.63) is 36.2 Å². The van der Waals surface area contributed by atoms with Crippen LogP contribution in [0, 0.1) is 0 Å². The standard InChI is InChI=1S/C11H13N3O2/c1-8(2)6-14-11(9(7-15)12-13-14)10-4-3-5-16-10/h3-5,15H,1,6-7H2,2H3. The van der Waals surface area contributed by atoms with Crippen molar-refractivity contribution in [2.75, 3.05) is 0 Å². The van der Waals surface area contributed by atoms with Crippen LogP contribution in [-0.4, -0.2) is 20.1 Å². The summed E-state index contributed by atoms with van der Waals surface area (Å²) in [4.78, 5) is 0. The second-order valence-corrected chi connectivity index (χ2v) is 3.63. The maximum absolute atomic E-state index is 9.18. The number of aliphatic hydroxyl groups is 1. The van der Waals surface area contributed by atoms with E-state index in [1.165, 1.54) is 0 Å². The van der Waals surface area contributed by atoms with Crippen molar-refractivity contribution in [3.63, 3.8) is 0 Å². The van der Waals surface area contributed by atoms with E-state index in [-0.39, 0.29) is 6.61 Å². The van der Waals surface area contributed by atoms with E-state index in [0.717, 1.165) is 5.57 Å². The third-order valence-corrected chi connectivity index (χ3v) is 2.13. The molecular formula is C11H13N3O2. The van der Waals surface area contributed by atoms with Gasteiger partial charge in [-0.05, 0) is 19.1 Å². The number of aromatic nitrogens is 3. The molecule has 0 aliphatic carbocycles. The Balaban J connectivity index is 2.47. The molecule has 0 radical (unpaired) electrons. The molecule has 0 aromatic carbocycles. The predicted octanol–water partition coefficient (Wildman–Crippen LogP) is 1.61. The van der Waals surface area contributed by atoms with Crippen molar-refractivity contribution in [3.8, 4) is 11.5 Å². The highest BCUT2D eigenvalue weighted by Crippen LogP contribution is 2.23. The monoisotopic (exact) mass is 219 g/mol. The summed E-state index contributed by atoms with van der Waals surface area (Å²) in [5.74, 6) is 0.648. The molecule has 0 spiro atoms. The first-order chi connectivity index (χ1) is 7.72. The molecule has 0 aliphatic rings. The fraction of sp³-hybridized carbons (Fsp3) is 0.273. The Kier molecular flexibility index (Phi) is 2.87. The molecule has 1 N–H and O–H groups in total. The van der Waals surface area contributed by atoms with E-state index in [0.29, 0.717) is 23.7 Å². The number of rotatable bonds is 4. The second-order valence-electron chi connectivity index (χ2n) is 3.63. The molecule has 0 aliphatic heterocycles. The van der Waals surface area contributed by atoms with Gasteiger partial charge >= 0.3 is 0 Å². The van der Waals surface area contributed by atoms with Crippen LogP contribution in [0.25, 0.3) is 11.5 Å². The van der Waals surface area contributed by atoms with Crippen LogP contribution >= 0.6 is 0 Å². The van der Waals surface area contributed by atoms with Gasteiger partial charge in [0.15, 0.2) is 5.76 Å². The van der Waals surface area contributed by atoms with E-state index in [9.17, 15) is 5.11 Å². The molecule has 84 valence electrons. The molecule has 5 nitrogen and oxygen atoms in total. The van der Waals surface area contributed by atoms with E-state index in [2.05, 4.69) is 16.9 Å². The van der Waals surface area contributed by atoms with Gasteiger partial charge in [0.25, 0.3) is 0 Å². The summed E-state index contributed by atoms with van der Waals surface area (Å²) in [6.45, 7) is 6.13. The third-order valence-electron chi connectivity index (χ3n) is 2.13. The Morgan fingerprint density at radius 2 is 2.44 bits per heavy atom. The molecule has 0 saturated heterocycles. The molecule has 0 amide bonds. The molecule has 2 rings (SSSR count). The molecular weight excluding hydrogens is 206 g/mol. The molecule has 16 heavy (non-hydrogen) atoms. The van der Waals surface area contributed by atoms with Gasteiger partial charge in [0.1, 0.15) is 11.4 Å². The molecule has 2 heterocycles. The van der Waals surface area contributed by atoms with Gasteiger partial charge in [-0.1, -0.05) is 17.4 Å². The van der Waals surface area contributed by atoms with Gasteiger partial charge in [-0.2, -0.15) is 0 Å². The summed E-state index contributed by atoms with van der Waals surface area (Å²) in [6, 6.07) is 3.60. The van der Waals surface area contributed by atoms with Crippen molar-refractivity contribution in [1.82, 2.24) is 15.0 Å². The number of hydrogen-bond acceptors (Lipinski definition) is 4. The van der Waals surface area contributed by atoms with Crippen molar-refractivity contribution >= 4 is 0 Å². The van der Waals surface area contributed by atoms with Crippen LogP contribution in [0.3, 0.4) is 0 Å². The summed E-state index contributed by atoms with van der Waals surface area (Å²) >= 11 is 0. The smallest absolute Gasteiger partial charge is 0.153 e.